The molecule has 7 heteroatoms. The molecule has 4 rings (SSSR count). The number of nitrogens with one attached hydrogen (secondary N) is 1. The van der Waals surface area contributed by atoms with Crippen molar-refractivity contribution in [3.05, 3.63) is 30.2 Å². The van der Waals surface area contributed by atoms with Gasteiger partial charge in [-0.1, -0.05) is 0 Å². The second-order valence-corrected chi connectivity index (χ2v) is 7.25. The standard InChI is InChI=1S/C18H23N5O2/c1-11-16(10-22(2)21-11)12-3-4-17(19-7-12)20-15-5-13-8-23(18(24)25)9-14(13)6-15/h3-4,7,10,13-15H,5-6,8-9H2,1-2H3,(H,19,20)(H,24,25)/t13-,14+,15-. The molecule has 25 heavy (non-hydrogen) atoms. The lowest BCUT2D eigenvalue weighted by molar-refractivity contribution is 0.152. The largest absolute Gasteiger partial charge is 0.465 e. The third-order valence-corrected chi connectivity index (χ3v) is 5.46. The van der Waals surface area contributed by atoms with E-state index in [1.54, 1.807) is 4.90 Å². The first-order chi connectivity index (χ1) is 12.0. The van der Waals surface area contributed by atoms with Gasteiger partial charge in [-0.15, -0.1) is 0 Å². The summed E-state index contributed by atoms with van der Waals surface area (Å²) in [6.07, 6.45) is 5.13. The van der Waals surface area contributed by atoms with E-state index in [1.165, 1.54) is 0 Å². The monoisotopic (exact) mass is 341 g/mol. The summed E-state index contributed by atoms with van der Waals surface area (Å²) in [6.45, 7) is 3.34. The number of aromatic nitrogens is 3. The summed E-state index contributed by atoms with van der Waals surface area (Å²) in [6, 6.07) is 4.46. The molecule has 2 fully saturated rings. The number of hydrogen-bond acceptors (Lipinski definition) is 4. The van der Waals surface area contributed by atoms with Crippen LogP contribution < -0.4 is 5.32 Å². The molecule has 2 N–H and O–H groups in total. The van der Waals surface area contributed by atoms with Gasteiger partial charge in [-0.05, 0) is 43.7 Å². The van der Waals surface area contributed by atoms with E-state index >= 15 is 0 Å². The minimum atomic E-state index is -0.790. The predicted octanol–water partition coefficient (Wildman–Crippen LogP) is 2.59. The zero-order valence-corrected chi connectivity index (χ0v) is 14.5. The third kappa shape index (κ3) is 3.06. The van der Waals surface area contributed by atoms with E-state index in [2.05, 4.69) is 21.5 Å². The highest BCUT2D eigenvalue weighted by molar-refractivity contribution is 5.66. The normalized spacial score (nSPS) is 25.2. The van der Waals surface area contributed by atoms with Gasteiger partial charge in [0.1, 0.15) is 5.82 Å². The maximum Gasteiger partial charge on any atom is 0.407 e. The molecule has 3 heterocycles. The molecule has 1 saturated heterocycles. The van der Waals surface area contributed by atoms with Crippen LogP contribution in [0.25, 0.3) is 11.1 Å². The van der Waals surface area contributed by atoms with Crippen molar-refractivity contribution < 1.29 is 9.90 Å². The highest BCUT2D eigenvalue weighted by atomic mass is 16.4. The third-order valence-electron chi connectivity index (χ3n) is 5.46. The first-order valence-electron chi connectivity index (χ1n) is 8.70. The molecule has 132 valence electrons. The molecule has 1 aliphatic heterocycles. The summed E-state index contributed by atoms with van der Waals surface area (Å²) in [5.74, 6) is 1.84. The quantitative estimate of drug-likeness (QED) is 0.896. The number of carbonyl (C=O) groups is 1. The highest BCUT2D eigenvalue weighted by Gasteiger charge is 2.42. The smallest absolute Gasteiger partial charge is 0.407 e. The number of fused-ring (bicyclic) bond motifs is 1. The Morgan fingerprint density at radius 2 is 2.00 bits per heavy atom. The fraction of sp³-hybridized carbons (Fsp3) is 0.500. The Balaban J connectivity index is 1.38. The van der Waals surface area contributed by atoms with Crippen molar-refractivity contribution in [1.29, 1.82) is 0 Å². The molecule has 0 radical (unpaired) electrons. The topological polar surface area (TPSA) is 83.3 Å². The Morgan fingerprint density at radius 3 is 2.52 bits per heavy atom. The summed E-state index contributed by atoms with van der Waals surface area (Å²) < 4.78 is 1.81. The van der Waals surface area contributed by atoms with Gasteiger partial charge in [0, 0.05) is 49.7 Å². The molecule has 3 atom stereocenters. The van der Waals surface area contributed by atoms with Crippen LogP contribution in [0.3, 0.4) is 0 Å². The zero-order chi connectivity index (χ0) is 17.6. The second-order valence-electron chi connectivity index (χ2n) is 7.25. The van der Waals surface area contributed by atoms with Crippen LogP contribution >= 0.6 is 0 Å². The van der Waals surface area contributed by atoms with E-state index in [0.717, 1.165) is 35.5 Å². The fourth-order valence-corrected chi connectivity index (χ4v) is 4.30. The Labute approximate surface area is 146 Å². The van der Waals surface area contributed by atoms with Gasteiger partial charge in [-0.3, -0.25) is 4.68 Å². The zero-order valence-electron chi connectivity index (χ0n) is 14.5. The molecule has 0 spiro atoms. The highest BCUT2D eigenvalue weighted by Crippen LogP contribution is 2.39. The number of amides is 1. The van der Waals surface area contributed by atoms with Gasteiger partial charge in [0.15, 0.2) is 0 Å². The molecule has 1 saturated carbocycles. The maximum atomic E-state index is 11.1. The van der Waals surface area contributed by atoms with Crippen LogP contribution in [0.5, 0.6) is 0 Å². The molecular weight excluding hydrogens is 318 g/mol. The summed E-state index contributed by atoms with van der Waals surface area (Å²) in [4.78, 5) is 17.2. The number of likely N-dealkylation sites (tertiary alicyclic amines) is 1. The van der Waals surface area contributed by atoms with Crippen LogP contribution in [0.1, 0.15) is 18.5 Å². The van der Waals surface area contributed by atoms with E-state index in [0.29, 0.717) is 31.0 Å². The summed E-state index contributed by atoms with van der Waals surface area (Å²) >= 11 is 0. The molecule has 7 nitrogen and oxygen atoms in total. The average molecular weight is 341 g/mol. The SMILES string of the molecule is Cc1nn(C)cc1-c1ccc(N[C@@H]2C[C@@H]3CN(C(=O)O)C[C@@H]3C2)nc1. The van der Waals surface area contributed by atoms with E-state index in [4.69, 9.17) is 5.11 Å². The van der Waals surface area contributed by atoms with Gasteiger partial charge >= 0.3 is 6.09 Å². The minimum absolute atomic E-state index is 0.379. The number of carboxylic acid groups (broad SMARTS) is 1. The van der Waals surface area contributed by atoms with Gasteiger partial charge in [-0.2, -0.15) is 5.10 Å². The summed E-state index contributed by atoms with van der Waals surface area (Å²) in [5.41, 5.74) is 3.17. The van der Waals surface area contributed by atoms with Crippen molar-refractivity contribution >= 4 is 11.9 Å². The minimum Gasteiger partial charge on any atom is -0.465 e. The van der Waals surface area contributed by atoms with E-state index in [-0.39, 0.29) is 0 Å². The Bertz CT molecular complexity index is 771. The Morgan fingerprint density at radius 1 is 1.28 bits per heavy atom. The van der Waals surface area contributed by atoms with Crippen LogP contribution in [0.2, 0.25) is 0 Å². The lowest BCUT2D eigenvalue weighted by atomic mass is 10.0. The Hall–Kier alpha value is -2.57. The summed E-state index contributed by atoms with van der Waals surface area (Å²) in [7, 11) is 1.92. The van der Waals surface area contributed by atoms with Gasteiger partial charge in [-0.25, -0.2) is 9.78 Å². The molecule has 2 aromatic rings. The first kappa shape index (κ1) is 15.9. The van der Waals surface area contributed by atoms with Crippen LogP contribution in [0.4, 0.5) is 10.6 Å². The van der Waals surface area contributed by atoms with Gasteiger partial charge < -0.3 is 15.3 Å². The molecular formula is C18H23N5O2. The number of rotatable bonds is 3. The lowest BCUT2D eigenvalue weighted by Crippen LogP contribution is -2.29. The molecule has 0 aromatic carbocycles. The fourth-order valence-electron chi connectivity index (χ4n) is 4.30. The van der Waals surface area contributed by atoms with Crippen molar-refractivity contribution in [2.45, 2.75) is 25.8 Å². The number of hydrogen-bond donors (Lipinski definition) is 2. The van der Waals surface area contributed by atoms with Crippen molar-refractivity contribution in [1.82, 2.24) is 19.7 Å². The van der Waals surface area contributed by atoms with E-state index in [9.17, 15) is 4.79 Å². The van der Waals surface area contributed by atoms with Crippen LogP contribution in [0, 0.1) is 18.8 Å². The molecule has 0 unspecified atom stereocenters. The first-order valence-corrected chi connectivity index (χ1v) is 8.70. The van der Waals surface area contributed by atoms with Crippen molar-refractivity contribution in [2.24, 2.45) is 18.9 Å². The lowest BCUT2D eigenvalue weighted by Gasteiger charge is -2.18. The van der Waals surface area contributed by atoms with Crippen molar-refractivity contribution in [2.75, 3.05) is 18.4 Å². The van der Waals surface area contributed by atoms with Crippen LogP contribution in [-0.4, -0.2) is 50.0 Å². The number of anilines is 1. The number of pyridine rings is 1. The van der Waals surface area contributed by atoms with Gasteiger partial charge in [0.2, 0.25) is 0 Å². The van der Waals surface area contributed by atoms with E-state index < -0.39 is 6.09 Å². The predicted molar refractivity (Wildman–Crippen MR) is 94.4 cm³/mol. The summed E-state index contributed by atoms with van der Waals surface area (Å²) in [5, 5.41) is 17.0. The van der Waals surface area contributed by atoms with Gasteiger partial charge in [0.05, 0.1) is 5.69 Å². The Kier molecular flexibility index (Phi) is 3.86. The maximum absolute atomic E-state index is 11.1. The molecule has 1 amide bonds. The second kappa shape index (κ2) is 6.06. The molecule has 1 aliphatic carbocycles. The van der Waals surface area contributed by atoms with Crippen molar-refractivity contribution in [3.63, 3.8) is 0 Å². The van der Waals surface area contributed by atoms with Crippen LogP contribution in [-0.2, 0) is 7.05 Å². The van der Waals surface area contributed by atoms with Crippen LogP contribution in [0.15, 0.2) is 24.5 Å². The van der Waals surface area contributed by atoms with Crippen molar-refractivity contribution in [3.8, 4) is 11.1 Å². The number of nitrogens with zero attached hydrogens (tertiary/aromatic N) is 4. The van der Waals surface area contributed by atoms with E-state index in [1.807, 2.05) is 37.1 Å². The number of aryl methyl sites for hydroxylation is 2. The average Bonchev–Trinajstić information content (AvgIpc) is 3.21. The van der Waals surface area contributed by atoms with Gasteiger partial charge in [0.25, 0.3) is 0 Å². The molecule has 2 aromatic heterocycles. The molecule has 0 bridgehead atoms. The molecule has 2 aliphatic rings.